The highest BCUT2D eigenvalue weighted by Gasteiger charge is 2.19. The Labute approximate surface area is 135 Å². The average Bonchev–Trinajstić information content (AvgIpc) is 2.47. The van der Waals surface area contributed by atoms with Crippen LogP contribution in [-0.4, -0.2) is 42.5 Å². The number of ether oxygens (including phenoxy) is 1. The minimum absolute atomic E-state index is 0.250. The molecule has 0 fully saturated rings. The second-order valence-corrected chi connectivity index (χ2v) is 6.25. The molecule has 0 bridgehead atoms. The third kappa shape index (κ3) is 6.49. The van der Waals surface area contributed by atoms with Gasteiger partial charge >= 0.3 is 5.97 Å². The third-order valence-electron chi connectivity index (χ3n) is 3.32. The largest absolute Gasteiger partial charge is 0.480 e. The molecule has 1 rings (SSSR count). The van der Waals surface area contributed by atoms with Crippen LogP contribution >= 0.6 is 11.8 Å². The summed E-state index contributed by atoms with van der Waals surface area (Å²) in [5.74, 6) is -0.669. The molecule has 5 nitrogen and oxygen atoms in total. The fourth-order valence-corrected chi connectivity index (χ4v) is 2.77. The number of hydrogen-bond donors (Lipinski definition) is 2. The number of nitrogens with one attached hydrogen (secondary N) is 1. The number of methoxy groups -OCH3 is 1. The molecule has 1 aromatic rings. The highest BCUT2D eigenvalue weighted by molar-refractivity contribution is 7.99. The first kappa shape index (κ1) is 18.5. The van der Waals surface area contributed by atoms with Crippen molar-refractivity contribution in [3.05, 3.63) is 29.3 Å². The number of carboxylic acid groups (broad SMARTS) is 1. The molecule has 122 valence electrons. The van der Waals surface area contributed by atoms with Crippen molar-refractivity contribution in [1.29, 1.82) is 0 Å². The number of carbonyl (C=O) groups is 2. The Morgan fingerprint density at radius 3 is 2.64 bits per heavy atom. The molecule has 1 atom stereocenters. The topological polar surface area (TPSA) is 75.6 Å². The number of carbonyl (C=O) groups excluding carboxylic acids is 1. The minimum Gasteiger partial charge on any atom is -0.480 e. The van der Waals surface area contributed by atoms with E-state index in [4.69, 9.17) is 9.84 Å². The van der Waals surface area contributed by atoms with E-state index in [-0.39, 0.29) is 18.7 Å². The smallest absolute Gasteiger partial charge is 0.326 e. The van der Waals surface area contributed by atoms with E-state index < -0.39 is 12.0 Å². The fraction of sp³-hybridized carbons (Fsp3) is 0.500. The monoisotopic (exact) mass is 325 g/mol. The number of amides is 1. The highest BCUT2D eigenvalue weighted by atomic mass is 32.2. The molecule has 1 unspecified atom stereocenters. The molecule has 2 N–H and O–H groups in total. The number of carboxylic acids is 1. The molecule has 0 aliphatic carbocycles. The maximum atomic E-state index is 11.8. The van der Waals surface area contributed by atoms with E-state index in [0.29, 0.717) is 12.4 Å². The second kappa shape index (κ2) is 9.48. The van der Waals surface area contributed by atoms with E-state index in [1.54, 1.807) is 11.8 Å². The van der Waals surface area contributed by atoms with Crippen LogP contribution in [0, 0.1) is 13.8 Å². The first-order valence-electron chi connectivity index (χ1n) is 7.15. The lowest BCUT2D eigenvalue weighted by atomic mass is 10.1. The molecule has 0 heterocycles. The quantitative estimate of drug-likeness (QED) is 0.682. The van der Waals surface area contributed by atoms with E-state index in [0.717, 1.165) is 4.90 Å². The van der Waals surface area contributed by atoms with Gasteiger partial charge in [0.1, 0.15) is 6.04 Å². The number of aryl methyl sites for hydroxylation is 2. The Kier molecular flexibility index (Phi) is 7.98. The Hall–Kier alpha value is -1.53. The van der Waals surface area contributed by atoms with Crippen LogP contribution in [0.5, 0.6) is 0 Å². The van der Waals surface area contributed by atoms with Gasteiger partial charge in [0.15, 0.2) is 0 Å². The van der Waals surface area contributed by atoms with Gasteiger partial charge in [-0.1, -0.05) is 6.07 Å². The van der Waals surface area contributed by atoms with Crippen LogP contribution in [0.4, 0.5) is 0 Å². The van der Waals surface area contributed by atoms with Gasteiger partial charge in [-0.3, -0.25) is 4.79 Å². The molecule has 0 spiro atoms. The number of hydrogen-bond acceptors (Lipinski definition) is 4. The minimum atomic E-state index is -1.03. The lowest BCUT2D eigenvalue weighted by Gasteiger charge is -2.14. The molecule has 0 radical (unpaired) electrons. The van der Waals surface area contributed by atoms with Gasteiger partial charge in [-0.25, -0.2) is 4.79 Å². The summed E-state index contributed by atoms with van der Waals surface area (Å²) in [5.41, 5.74) is 2.46. The van der Waals surface area contributed by atoms with Crippen LogP contribution in [0.2, 0.25) is 0 Å². The van der Waals surface area contributed by atoms with E-state index >= 15 is 0 Å². The summed E-state index contributed by atoms with van der Waals surface area (Å²) >= 11 is 1.59. The van der Waals surface area contributed by atoms with Crippen molar-refractivity contribution in [3.8, 4) is 0 Å². The van der Waals surface area contributed by atoms with Crippen molar-refractivity contribution in [2.75, 3.05) is 19.5 Å². The molecular formula is C16H23NO4S. The SMILES string of the molecule is COCCC(NC(=O)CCSc1ccc(C)c(C)c1)C(=O)O. The van der Waals surface area contributed by atoms with Crippen molar-refractivity contribution >= 4 is 23.6 Å². The molecular weight excluding hydrogens is 302 g/mol. The normalized spacial score (nSPS) is 12.0. The summed E-state index contributed by atoms with van der Waals surface area (Å²) in [7, 11) is 1.50. The lowest BCUT2D eigenvalue weighted by Crippen LogP contribution is -2.41. The molecule has 1 aromatic carbocycles. The summed E-state index contributed by atoms with van der Waals surface area (Å²) in [6.07, 6.45) is 0.552. The van der Waals surface area contributed by atoms with Crippen LogP contribution in [-0.2, 0) is 14.3 Å². The molecule has 0 saturated heterocycles. The lowest BCUT2D eigenvalue weighted by molar-refractivity contribution is -0.142. The van der Waals surface area contributed by atoms with E-state index in [9.17, 15) is 9.59 Å². The molecule has 0 aromatic heterocycles. The summed E-state index contributed by atoms with van der Waals surface area (Å²) in [6, 6.07) is 5.29. The number of benzene rings is 1. The van der Waals surface area contributed by atoms with Crippen molar-refractivity contribution in [2.45, 2.75) is 37.6 Å². The first-order chi connectivity index (χ1) is 10.4. The molecule has 0 aliphatic rings. The maximum absolute atomic E-state index is 11.8. The van der Waals surface area contributed by atoms with Gasteiger partial charge in [0.2, 0.25) is 5.91 Å². The predicted octanol–water partition coefficient (Wildman–Crippen LogP) is 2.39. The molecule has 0 aliphatic heterocycles. The zero-order valence-corrected chi connectivity index (χ0v) is 14.0. The standard InChI is InChI=1S/C16H23NO4S/c1-11-4-5-13(10-12(11)2)22-9-7-15(18)17-14(16(19)20)6-8-21-3/h4-5,10,14H,6-9H2,1-3H3,(H,17,18)(H,19,20). The zero-order valence-electron chi connectivity index (χ0n) is 13.2. The van der Waals surface area contributed by atoms with E-state index in [1.807, 2.05) is 6.07 Å². The number of thioether (sulfide) groups is 1. The first-order valence-corrected chi connectivity index (χ1v) is 8.13. The van der Waals surface area contributed by atoms with E-state index in [1.165, 1.54) is 18.2 Å². The second-order valence-electron chi connectivity index (χ2n) is 5.08. The zero-order chi connectivity index (χ0) is 16.5. The van der Waals surface area contributed by atoms with Crippen LogP contribution in [0.25, 0.3) is 0 Å². The van der Waals surface area contributed by atoms with Crippen molar-refractivity contribution in [2.24, 2.45) is 0 Å². The molecule has 0 saturated carbocycles. The van der Waals surface area contributed by atoms with Gasteiger partial charge in [0, 0.05) is 37.2 Å². The van der Waals surface area contributed by atoms with Crippen LogP contribution in [0.15, 0.2) is 23.1 Å². The van der Waals surface area contributed by atoms with Gasteiger partial charge < -0.3 is 15.2 Å². The van der Waals surface area contributed by atoms with Crippen LogP contribution < -0.4 is 5.32 Å². The van der Waals surface area contributed by atoms with Gasteiger partial charge in [-0.15, -0.1) is 11.8 Å². The van der Waals surface area contributed by atoms with Crippen LogP contribution in [0.1, 0.15) is 24.0 Å². The predicted molar refractivity (Wildman–Crippen MR) is 87.3 cm³/mol. The highest BCUT2D eigenvalue weighted by Crippen LogP contribution is 2.21. The fourth-order valence-electron chi connectivity index (χ4n) is 1.82. The average molecular weight is 325 g/mol. The van der Waals surface area contributed by atoms with Crippen molar-refractivity contribution < 1.29 is 19.4 Å². The summed E-state index contributed by atoms with van der Waals surface area (Å²) in [6.45, 7) is 4.41. The Bertz CT molecular complexity index is 519. The number of aliphatic carboxylic acids is 1. The van der Waals surface area contributed by atoms with Crippen LogP contribution in [0.3, 0.4) is 0 Å². The summed E-state index contributed by atoms with van der Waals surface area (Å²) in [5, 5.41) is 11.6. The van der Waals surface area contributed by atoms with Gasteiger partial charge in [-0.2, -0.15) is 0 Å². The Morgan fingerprint density at radius 1 is 1.32 bits per heavy atom. The van der Waals surface area contributed by atoms with Gasteiger partial charge in [-0.05, 0) is 37.1 Å². The molecule has 22 heavy (non-hydrogen) atoms. The van der Waals surface area contributed by atoms with Gasteiger partial charge in [0.25, 0.3) is 0 Å². The Morgan fingerprint density at radius 2 is 2.05 bits per heavy atom. The molecule has 6 heteroatoms. The summed E-state index contributed by atoms with van der Waals surface area (Å²) < 4.78 is 4.85. The molecule has 1 amide bonds. The maximum Gasteiger partial charge on any atom is 0.326 e. The van der Waals surface area contributed by atoms with Gasteiger partial charge in [0.05, 0.1) is 0 Å². The van der Waals surface area contributed by atoms with E-state index in [2.05, 4.69) is 31.3 Å². The summed E-state index contributed by atoms with van der Waals surface area (Å²) in [4.78, 5) is 23.9. The Balaban J connectivity index is 2.38. The van der Waals surface area contributed by atoms with Crippen molar-refractivity contribution in [3.63, 3.8) is 0 Å². The van der Waals surface area contributed by atoms with Crippen molar-refractivity contribution in [1.82, 2.24) is 5.32 Å². The number of rotatable bonds is 9. The third-order valence-corrected chi connectivity index (χ3v) is 4.32.